The van der Waals surface area contributed by atoms with Gasteiger partial charge in [-0.2, -0.15) is 0 Å². The lowest BCUT2D eigenvalue weighted by Crippen LogP contribution is -1.94. The summed E-state index contributed by atoms with van der Waals surface area (Å²) >= 11 is 1.01. The Bertz CT molecular complexity index is 876. The van der Waals surface area contributed by atoms with Crippen LogP contribution in [0.25, 0.3) is 20.8 Å². The molecule has 0 unspecified atom stereocenters. The van der Waals surface area contributed by atoms with Gasteiger partial charge < -0.3 is 5.11 Å². The molecule has 2 aromatic carbocycles. The van der Waals surface area contributed by atoms with E-state index < -0.39 is 23.4 Å². The van der Waals surface area contributed by atoms with E-state index in [1.54, 1.807) is 0 Å². The minimum absolute atomic E-state index is 0.0726. The van der Waals surface area contributed by atoms with E-state index in [4.69, 9.17) is 5.11 Å². The van der Waals surface area contributed by atoms with E-state index in [9.17, 15) is 18.0 Å². The zero-order valence-electron chi connectivity index (χ0n) is 10.2. The van der Waals surface area contributed by atoms with Gasteiger partial charge in [0.05, 0.1) is 15.8 Å². The summed E-state index contributed by atoms with van der Waals surface area (Å²) in [6.45, 7) is 0. The Labute approximate surface area is 120 Å². The predicted octanol–water partition coefficient (Wildman–Crippen LogP) is 4.08. The van der Waals surface area contributed by atoms with Crippen LogP contribution in [0.3, 0.4) is 0 Å². The van der Waals surface area contributed by atoms with E-state index in [0.29, 0.717) is 10.2 Å². The summed E-state index contributed by atoms with van der Waals surface area (Å²) in [5.74, 6) is -5.23. The van der Waals surface area contributed by atoms with E-state index in [1.807, 2.05) is 0 Å². The van der Waals surface area contributed by atoms with Crippen molar-refractivity contribution in [2.75, 3.05) is 0 Å². The predicted molar refractivity (Wildman–Crippen MR) is 71.9 cm³/mol. The molecule has 0 spiro atoms. The molecule has 0 aliphatic heterocycles. The summed E-state index contributed by atoms with van der Waals surface area (Å²) in [4.78, 5) is 15.0. The second-order valence-electron chi connectivity index (χ2n) is 4.23. The molecule has 3 rings (SSSR count). The minimum Gasteiger partial charge on any atom is -0.478 e. The highest BCUT2D eigenvalue weighted by Gasteiger charge is 2.18. The molecule has 0 radical (unpaired) electrons. The third-order valence-corrected chi connectivity index (χ3v) is 3.95. The van der Waals surface area contributed by atoms with Gasteiger partial charge in [0.15, 0.2) is 17.5 Å². The van der Waals surface area contributed by atoms with E-state index >= 15 is 0 Å². The van der Waals surface area contributed by atoms with Crippen LogP contribution in [0, 0.1) is 17.5 Å². The summed E-state index contributed by atoms with van der Waals surface area (Å²) in [6, 6.07) is 6.18. The molecule has 3 nitrogen and oxygen atoms in total. The number of hydrogen-bond acceptors (Lipinski definition) is 3. The third kappa shape index (κ3) is 2.25. The van der Waals surface area contributed by atoms with Crippen LogP contribution < -0.4 is 0 Å². The van der Waals surface area contributed by atoms with Crippen molar-refractivity contribution in [1.82, 2.24) is 4.98 Å². The minimum atomic E-state index is -1.56. The van der Waals surface area contributed by atoms with Gasteiger partial charge in [0, 0.05) is 5.56 Å². The monoisotopic (exact) mass is 309 g/mol. The number of aromatic nitrogens is 1. The summed E-state index contributed by atoms with van der Waals surface area (Å²) in [5, 5.41) is 9.07. The third-order valence-electron chi connectivity index (χ3n) is 2.90. The Kier molecular flexibility index (Phi) is 3.13. The number of halogens is 3. The summed E-state index contributed by atoms with van der Waals surface area (Å²) in [6.07, 6.45) is 0. The first-order valence-electron chi connectivity index (χ1n) is 5.75. The summed E-state index contributed by atoms with van der Waals surface area (Å²) < 4.78 is 40.4. The van der Waals surface area contributed by atoms with Gasteiger partial charge in [0.1, 0.15) is 5.01 Å². The molecule has 1 aromatic heterocycles. The smallest absolute Gasteiger partial charge is 0.335 e. The Balaban J connectivity index is 2.18. The van der Waals surface area contributed by atoms with E-state index in [0.717, 1.165) is 23.5 Å². The van der Waals surface area contributed by atoms with Gasteiger partial charge in [-0.25, -0.2) is 22.9 Å². The van der Waals surface area contributed by atoms with Gasteiger partial charge in [0.2, 0.25) is 0 Å². The number of hydrogen-bond donors (Lipinski definition) is 1. The molecule has 0 atom stereocenters. The molecule has 0 aliphatic carbocycles. The zero-order valence-corrected chi connectivity index (χ0v) is 11.0. The lowest BCUT2D eigenvalue weighted by molar-refractivity contribution is 0.0697. The highest BCUT2D eigenvalue weighted by molar-refractivity contribution is 7.21. The van der Waals surface area contributed by atoms with Crippen LogP contribution in [-0.2, 0) is 0 Å². The number of thiazole rings is 1. The van der Waals surface area contributed by atoms with Crippen molar-refractivity contribution in [2.45, 2.75) is 0 Å². The van der Waals surface area contributed by atoms with Crippen LogP contribution in [0.1, 0.15) is 10.4 Å². The summed E-state index contributed by atoms with van der Waals surface area (Å²) in [5.41, 5.74) is 0.375. The Hall–Kier alpha value is -2.41. The molecular formula is C14H6F3NO2S. The fourth-order valence-corrected chi connectivity index (χ4v) is 2.89. The number of carboxylic acids is 1. The van der Waals surface area contributed by atoms with Crippen molar-refractivity contribution in [3.8, 4) is 10.6 Å². The molecule has 7 heteroatoms. The molecule has 0 saturated carbocycles. The van der Waals surface area contributed by atoms with Gasteiger partial charge in [-0.1, -0.05) is 0 Å². The second-order valence-corrected chi connectivity index (χ2v) is 5.26. The van der Waals surface area contributed by atoms with Crippen LogP contribution in [0.5, 0.6) is 0 Å². The van der Waals surface area contributed by atoms with Crippen molar-refractivity contribution in [2.24, 2.45) is 0 Å². The fourth-order valence-electron chi connectivity index (χ4n) is 1.86. The Morgan fingerprint density at radius 2 is 1.86 bits per heavy atom. The quantitative estimate of drug-likeness (QED) is 0.726. The maximum atomic E-state index is 13.7. The molecular weight excluding hydrogens is 303 g/mol. The lowest BCUT2D eigenvalue weighted by Gasteiger charge is -2.00. The van der Waals surface area contributed by atoms with Crippen LogP contribution in [-0.4, -0.2) is 16.1 Å². The second kappa shape index (κ2) is 4.85. The SMILES string of the molecule is O=C(O)c1ccc2nc(-c3ccc(F)c(F)c3F)sc2c1. The first kappa shape index (κ1) is 13.6. The van der Waals surface area contributed by atoms with E-state index in [2.05, 4.69) is 4.98 Å². The number of carboxylic acid groups (broad SMARTS) is 1. The number of aromatic carboxylic acids is 1. The van der Waals surface area contributed by atoms with Gasteiger partial charge >= 0.3 is 5.97 Å². The van der Waals surface area contributed by atoms with Crippen LogP contribution in [0.15, 0.2) is 30.3 Å². The van der Waals surface area contributed by atoms with Crippen LogP contribution >= 0.6 is 11.3 Å². The van der Waals surface area contributed by atoms with Gasteiger partial charge in [-0.05, 0) is 30.3 Å². The van der Waals surface area contributed by atoms with E-state index in [-0.39, 0.29) is 16.1 Å². The maximum absolute atomic E-state index is 13.7. The molecule has 0 bridgehead atoms. The lowest BCUT2D eigenvalue weighted by atomic mass is 10.2. The first-order chi connectivity index (χ1) is 9.97. The molecule has 0 amide bonds. The van der Waals surface area contributed by atoms with E-state index in [1.165, 1.54) is 18.2 Å². The number of benzene rings is 2. The molecule has 0 fully saturated rings. The van der Waals surface area contributed by atoms with Crippen molar-refractivity contribution in [3.63, 3.8) is 0 Å². The molecule has 0 saturated heterocycles. The first-order valence-corrected chi connectivity index (χ1v) is 6.57. The fraction of sp³-hybridized carbons (Fsp3) is 0. The average molecular weight is 309 g/mol. The Morgan fingerprint density at radius 1 is 1.10 bits per heavy atom. The largest absolute Gasteiger partial charge is 0.478 e. The zero-order chi connectivity index (χ0) is 15.1. The highest BCUT2D eigenvalue weighted by atomic mass is 32.1. The van der Waals surface area contributed by atoms with Crippen molar-refractivity contribution >= 4 is 27.5 Å². The molecule has 106 valence electrons. The topological polar surface area (TPSA) is 50.2 Å². The van der Waals surface area contributed by atoms with Gasteiger partial charge in [-0.15, -0.1) is 11.3 Å². The standard InChI is InChI=1S/C14H6F3NO2S/c15-8-3-2-7(11(16)12(8)17)13-18-9-4-1-6(14(19)20)5-10(9)21-13/h1-5H,(H,19,20). The van der Waals surface area contributed by atoms with Crippen molar-refractivity contribution in [1.29, 1.82) is 0 Å². The van der Waals surface area contributed by atoms with Crippen molar-refractivity contribution in [3.05, 3.63) is 53.3 Å². The summed E-state index contributed by atoms with van der Waals surface area (Å²) in [7, 11) is 0. The maximum Gasteiger partial charge on any atom is 0.335 e. The van der Waals surface area contributed by atoms with Crippen LogP contribution in [0.4, 0.5) is 13.2 Å². The van der Waals surface area contributed by atoms with Crippen molar-refractivity contribution < 1.29 is 23.1 Å². The molecule has 3 aromatic rings. The normalized spacial score (nSPS) is 11.0. The number of fused-ring (bicyclic) bond motifs is 1. The number of nitrogens with zero attached hydrogens (tertiary/aromatic N) is 1. The van der Waals surface area contributed by atoms with Gasteiger partial charge in [-0.3, -0.25) is 0 Å². The molecule has 1 N–H and O–H groups in total. The molecule has 0 aliphatic rings. The molecule has 1 heterocycles. The molecule has 21 heavy (non-hydrogen) atoms. The Morgan fingerprint density at radius 3 is 2.57 bits per heavy atom. The average Bonchev–Trinajstić information content (AvgIpc) is 2.87. The number of rotatable bonds is 2. The highest BCUT2D eigenvalue weighted by Crippen LogP contribution is 2.33. The van der Waals surface area contributed by atoms with Crippen LogP contribution in [0.2, 0.25) is 0 Å². The number of carbonyl (C=O) groups is 1. The van der Waals surface area contributed by atoms with Gasteiger partial charge in [0.25, 0.3) is 0 Å².